The van der Waals surface area contributed by atoms with Crippen LogP contribution in [0.5, 0.6) is 0 Å². The predicted molar refractivity (Wildman–Crippen MR) is 70.0 cm³/mol. The molecule has 0 bridgehead atoms. The topological polar surface area (TPSA) is 29.0 Å². The van der Waals surface area contributed by atoms with Crippen molar-refractivity contribution in [3.05, 3.63) is 10.0 Å². The Labute approximate surface area is 107 Å². The van der Waals surface area contributed by atoms with Crippen molar-refractivity contribution in [1.82, 2.24) is 14.5 Å². The van der Waals surface area contributed by atoms with E-state index in [0.29, 0.717) is 0 Å². The van der Waals surface area contributed by atoms with E-state index in [2.05, 4.69) is 28.3 Å². The van der Waals surface area contributed by atoms with Crippen LogP contribution in [0.4, 0.5) is 0 Å². The van der Waals surface area contributed by atoms with Crippen molar-refractivity contribution in [1.29, 1.82) is 0 Å². The minimum absolute atomic E-state index is 0.734. The highest BCUT2D eigenvalue weighted by Crippen LogP contribution is 2.19. The summed E-state index contributed by atoms with van der Waals surface area (Å²) in [6.07, 6.45) is 4.93. The van der Waals surface area contributed by atoms with Gasteiger partial charge in [-0.1, -0.05) is 42.8 Å². The number of halogens is 1. The number of aromatic nitrogens is 2. The summed E-state index contributed by atoms with van der Waals surface area (Å²) < 4.78 is 4.60. The van der Waals surface area contributed by atoms with Crippen LogP contribution in [0.15, 0.2) is 0 Å². The largest absolute Gasteiger partial charge is 0.297 e. The molecule has 0 fully saturated rings. The third kappa shape index (κ3) is 4.76. The molecule has 0 aliphatic heterocycles. The Balaban J connectivity index is 2.45. The number of nitrogens with zero attached hydrogens (tertiary/aromatic N) is 3. The molecule has 0 saturated carbocycles. The summed E-state index contributed by atoms with van der Waals surface area (Å²) in [7, 11) is 0. The Morgan fingerprint density at radius 3 is 2.25 bits per heavy atom. The molecule has 0 amide bonds. The Morgan fingerprint density at radius 2 is 1.81 bits per heavy atom. The third-order valence-electron chi connectivity index (χ3n) is 2.54. The van der Waals surface area contributed by atoms with Crippen molar-refractivity contribution >= 4 is 23.1 Å². The maximum atomic E-state index is 6.02. The molecule has 3 nitrogen and oxygen atoms in total. The molecule has 1 aromatic heterocycles. The lowest BCUT2D eigenvalue weighted by molar-refractivity contribution is 0.254. The third-order valence-corrected chi connectivity index (χ3v) is 3.52. The normalized spacial score (nSPS) is 11.2. The number of hydrogen-bond donors (Lipinski definition) is 0. The molecule has 0 unspecified atom stereocenters. The Morgan fingerprint density at radius 1 is 1.19 bits per heavy atom. The fourth-order valence-electron chi connectivity index (χ4n) is 1.54. The van der Waals surface area contributed by atoms with Gasteiger partial charge in [0.2, 0.25) is 0 Å². The zero-order chi connectivity index (χ0) is 11.8. The van der Waals surface area contributed by atoms with E-state index in [1.807, 2.05) is 0 Å². The van der Waals surface area contributed by atoms with Gasteiger partial charge in [-0.25, -0.2) is 0 Å². The molecule has 0 radical (unpaired) electrons. The zero-order valence-corrected chi connectivity index (χ0v) is 11.7. The zero-order valence-electron chi connectivity index (χ0n) is 10.1. The maximum absolute atomic E-state index is 6.02. The summed E-state index contributed by atoms with van der Waals surface area (Å²) in [5, 5.41) is 4.07. The summed E-state index contributed by atoms with van der Waals surface area (Å²) in [5.74, 6) is 0. The maximum Gasteiger partial charge on any atom is 0.138 e. The summed E-state index contributed by atoms with van der Waals surface area (Å²) in [6, 6.07) is 0. The van der Waals surface area contributed by atoms with Crippen LogP contribution < -0.4 is 0 Å². The molecule has 0 spiro atoms. The van der Waals surface area contributed by atoms with Crippen LogP contribution in [-0.2, 0) is 6.54 Å². The van der Waals surface area contributed by atoms with E-state index >= 15 is 0 Å². The van der Waals surface area contributed by atoms with E-state index in [1.54, 1.807) is 0 Å². The first-order valence-corrected chi connectivity index (χ1v) is 7.12. The van der Waals surface area contributed by atoms with Gasteiger partial charge in [0.1, 0.15) is 10.0 Å². The molecule has 5 heteroatoms. The van der Waals surface area contributed by atoms with Crippen LogP contribution in [-0.4, -0.2) is 27.6 Å². The Bertz CT molecular complexity index is 283. The lowest BCUT2D eigenvalue weighted by atomic mass is 10.2. The molecule has 16 heavy (non-hydrogen) atoms. The first-order chi connectivity index (χ1) is 7.77. The van der Waals surface area contributed by atoms with Gasteiger partial charge in [0.05, 0.1) is 0 Å². The summed E-state index contributed by atoms with van der Waals surface area (Å²) in [6.45, 7) is 7.54. The second-order valence-electron chi connectivity index (χ2n) is 3.98. The van der Waals surface area contributed by atoms with E-state index in [4.69, 9.17) is 11.6 Å². The highest BCUT2D eigenvalue weighted by molar-refractivity contribution is 7.10. The van der Waals surface area contributed by atoms with Crippen LogP contribution in [0.3, 0.4) is 0 Å². The quantitative estimate of drug-likeness (QED) is 0.716. The van der Waals surface area contributed by atoms with E-state index in [-0.39, 0.29) is 0 Å². The van der Waals surface area contributed by atoms with E-state index in [9.17, 15) is 0 Å². The molecule has 1 heterocycles. The molecule has 0 atom stereocenters. The molecular formula is C11H20ClN3S. The fraction of sp³-hybridized carbons (Fsp3) is 0.818. The van der Waals surface area contributed by atoms with Crippen molar-refractivity contribution in [3.63, 3.8) is 0 Å². The van der Waals surface area contributed by atoms with Crippen molar-refractivity contribution in [2.45, 2.75) is 46.1 Å². The first-order valence-electron chi connectivity index (χ1n) is 5.97. The van der Waals surface area contributed by atoms with Crippen LogP contribution in [0, 0.1) is 0 Å². The van der Waals surface area contributed by atoms with Gasteiger partial charge >= 0.3 is 0 Å². The van der Waals surface area contributed by atoms with E-state index < -0.39 is 0 Å². The number of rotatable bonds is 8. The van der Waals surface area contributed by atoms with Crippen LogP contribution in [0.1, 0.15) is 45.2 Å². The van der Waals surface area contributed by atoms with Gasteiger partial charge in [0, 0.05) is 18.1 Å². The van der Waals surface area contributed by atoms with Gasteiger partial charge in [-0.2, -0.15) is 0 Å². The van der Waals surface area contributed by atoms with Gasteiger partial charge in [-0.05, 0) is 25.9 Å². The summed E-state index contributed by atoms with van der Waals surface area (Å²) in [5.41, 5.74) is 0.930. The van der Waals surface area contributed by atoms with Crippen LogP contribution in [0.25, 0.3) is 0 Å². The molecule has 0 N–H and O–H groups in total. The highest BCUT2D eigenvalue weighted by Gasteiger charge is 2.10. The van der Waals surface area contributed by atoms with Gasteiger partial charge in [-0.15, -0.1) is 5.10 Å². The van der Waals surface area contributed by atoms with Crippen LogP contribution in [0.2, 0.25) is 4.34 Å². The molecule has 1 aromatic rings. The molecule has 1 rings (SSSR count). The number of unbranched alkanes of at least 4 members (excludes halogenated alkanes) is 2. The molecule has 0 aliphatic rings. The van der Waals surface area contributed by atoms with Gasteiger partial charge < -0.3 is 0 Å². The van der Waals surface area contributed by atoms with Crippen LogP contribution >= 0.6 is 23.1 Å². The Hall–Kier alpha value is -0.190. The minimum atomic E-state index is 0.734. The smallest absolute Gasteiger partial charge is 0.138 e. The van der Waals surface area contributed by atoms with Crippen molar-refractivity contribution in [2.24, 2.45) is 0 Å². The second-order valence-corrected chi connectivity index (χ2v) is 5.33. The second kappa shape index (κ2) is 7.98. The highest BCUT2D eigenvalue weighted by atomic mass is 35.5. The molecule has 0 aromatic carbocycles. The van der Waals surface area contributed by atoms with E-state index in [0.717, 1.165) is 29.7 Å². The molecule has 92 valence electrons. The van der Waals surface area contributed by atoms with Gasteiger partial charge in [-0.3, -0.25) is 4.90 Å². The molecular weight excluding hydrogens is 242 g/mol. The minimum Gasteiger partial charge on any atom is -0.297 e. The summed E-state index contributed by atoms with van der Waals surface area (Å²) in [4.78, 5) is 2.43. The Kier molecular flexibility index (Phi) is 6.92. The standard InChI is InChI=1S/C11H20ClN3S/c1-3-5-7-15(8-6-4-2)9-10-11(12)16-14-13-10/h3-9H2,1-2H3. The van der Waals surface area contributed by atoms with Crippen molar-refractivity contribution in [3.8, 4) is 0 Å². The lowest BCUT2D eigenvalue weighted by Crippen LogP contribution is -2.25. The monoisotopic (exact) mass is 261 g/mol. The lowest BCUT2D eigenvalue weighted by Gasteiger charge is -2.20. The van der Waals surface area contributed by atoms with Crippen molar-refractivity contribution in [2.75, 3.05) is 13.1 Å². The SMILES string of the molecule is CCCCN(CCCC)Cc1nnsc1Cl. The average molecular weight is 262 g/mol. The van der Waals surface area contributed by atoms with E-state index in [1.165, 1.54) is 37.2 Å². The first kappa shape index (κ1) is 13.9. The average Bonchev–Trinajstić information content (AvgIpc) is 2.68. The van der Waals surface area contributed by atoms with Crippen molar-refractivity contribution < 1.29 is 0 Å². The van der Waals surface area contributed by atoms with Gasteiger partial charge in [0.15, 0.2) is 0 Å². The predicted octanol–water partition coefficient (Wildman–Crippen LogP) is 3.59. The van der Waals surface area contributed by atoms with Gasteiger partial charge in [0.25, 0.3) is 0 Å². The summed E-state index contributed by atoms with van der Waals surface area (Å²) >= 11 is 7.29. The fourth-order valence-corrected chi connectivity index (χ4v) is 2.15. The number of hydrogen-bond acceptors (Lipinski definition) is 4. The molecule has 0 aliphatic carbocycles. The molecule has 0 saturated heterocycles.